The number of aliphatic hydroxyl groups excluding tert-OH is 1. The molecule has 4 nitrogen and oxygen atoms in total. The second-order valence-electron chi connectivity index (χ2n) is 4.28. The fourth-order valence-corrected chi connectivity index (χ4v) is 2.17. The van der Waals surface area contributed by atoms with Crippen molar-refractivity contribution in [1.29, 1.82) is 0 Å². The van der Waals surface area contributed by atoms with E-state index in [4.69, 9.17) is 21.4 Å². The Morgan fingerprint density at radius 1 is 1.32 bits per heavy atom. The van der Waals surface area contributed by atoms with Crippen molar-refractivity contribution < 1.29 is 9.84 Å². The molecule has 0 fully saturated rings. The molecule has 1 N–H and O–H groups in total. The third-order valence-electron chi connectivity index (χ3n) is 2.98. The molecule has 0 spiro atoms. The van der Waals surface area contributed by atoms with E-state index in [1.807, 2.05) is 38.2 Å². The van der Waals surface area contributed by atoms with Crippen LogP contribution in [0.25, 0.3) is 0 Å². The molecule has 19 heavy (non-hydrogen) atoms. The van der Waals surface area contributed by atoms with Crippen LogP contribution in [0.15, 0.2) is 24.3 Å². The van der Waals surface area contributed by atoms with E-state index in [2.05, 4.69) is 5.10 Å². The summed E-state index contributed by atoms with van der Waals surface area (Å²) in [5.74, 6) is 0.743. The highest BCUT2D eigenvalue weighted by Crippen LogP contribution is 2.22. The van der Waals surface area contributed by atoms with Crippen molar-refractivity contribution in [3.63, 3.8) is 0 Å². The number of halogens is 1. The summed E-state index contributed by atoms with van der Waals surface area (Å²) >= 11 is 6.25. The molecular weight excluding hydrogens is 264 g/mol. The molecule has 0 aliphatic rings. The van der Waals surface area contributed by atoms with Gasteiger partial charge in [-0.05, 0) is 24.1 Å². The summed E-state index contributed by atoms with van der Waals surface area (Å²) in [7, 11) is 1.86. The van der Waals surface area contributed by atoms with E-state index in [1.54, 1.807) is 4.68 Å². The summed E-state index contributed by atoms with van der Waals surface area (Å²) in [6.07, 6.45) is 0.803. The van der Waals surface area contributed by atoms with Crippen LogP contribution in [0.4, 0.5) is 0 Å². The molecule has 1 heterocycles. The van der Waals surface area contributed by atoms with Gasteiger partial charge in [0.25, 0.3) is 0 Å². The number of hydrogen-bond acceptors (Lipinski definition) is 3. The number of hydrogen-bond donors (Lipinski definition) is 1. The first kappa shape index (κ1) is 13.9. The second-order valence-corrected chi connectivity index (χ2v) is 4.65. The normalized spacial score (nSPS) is 10.7. The van der Waals surface area contributed by atoms with Gasteiger partial charge >= 0.3 is 0 Å². The SMILES string of the molecule is CCc1nn(C)c(COc2ccc(CO)cc2)c1Cl. The molecule has 0 atom stereocenters. The van der Waals surface area contributed by atoms with Gasteiger partial charge in [0.1, 0.15) is 12.4 Å². The number of ether oxygens (including phenoxy) is 1. The highest BCUT2D eigenvalue weighted by Gasteiger charge is 2.13. The molecule has 0 amide bonds. The Morgan fingerprint density at radius 2 is 2.00 bits per heavy atom. The zero-order valence-corrected chi connectivity index (χ0v) is 11.8. The molecule has 1 aromatic carbocycles. The molecule has 0 aliphatic carbocycles. The molecule has 0 aliphatic heterocycles. The smallest absolute Gasteiger partial charge is 0.131 e. The molecule has 0 bridgehead atoms. The zero-order valence-electron chi connectivity index (χ0n) is 11.1. The van der Waals surface area contributed by atoms with Crippen molar-refractivity contribution in [2.75, 3.05) is 0 Å². The van der Waals surface area contributed by atoms with Crippen molar-refractivity contribution in [2.45, 2.75) is 26.6 Å². The number of nitrogens with zero attached hydrogens (tertiary/aromatic N) is 2. The average molecular weight is 281 g/mol. The summed E-state index contributed by atoms with van der Waals surface area (Å²) in [6, 6.07) is 7.32. The van der Waals surface area contributed by atoms with Gasteiger partial charge in [0, 0.05) is 7.05 Å². The van der Waals surface area contributed by atoms with Crippen LogP contribution in [-0.2, 0) is 26.7 Å². The number of aryl methyl sites for hydroxylation is 2. The van der Waals surface area contributed by atoms with Gasteiger partial charge in [-0.1, -0.05) is 30.7 Å². The summed E-state index contributed by atoms with van der Waals surface area (Å²) in [5, 5.41) is 14.0. The molecule has 0 radical (unpaired) electrons. The monoisotopic (exact) mass is 280 g/mol. The van der Waals surface area contributed by atoms with Gasteiger partial charge in [-0.25, -0.2) is 0 Å². The lowest BCUT2D eigenvalue weighted by Crippen LogP contribution is -2.03. The molecular formula is C14H17ClN2O2. The highest BCUT2D eigenvalue weighted by atomic mass is 35.5. The van der Waals surface area contributed by atoms with Crippen LogP contribution in [0.5, 0.6) is 5.75 Å². The largest absolute Gasteiger partial charge is 0.487 e. The Kier molecular flexibility index (Phi) is 4.45. The third kappa shape index (κ3) is 3.08. The standard InChI is InChI=1S/C14H17ClN2O2/c1-3-12-14(15)13(17(2)16-12)9-19-11-6-4-10(8-18)5-7-11/h4-7,18H,3,8-9H2,1-2H3. The quantitative estimate of drug-likeness (QED) is 0.916. The van der Waals surface area contributed by atoms with Crippen molar-refractivity contribution in [1.82, 2.24) is 9.78 Å². The van der Waals surface area contributed by atoms with Crippen LogP contribution >= 0.6 is 11.6 Å². The highest BCUT2D eigenvalue weighted by molar-refractivity contribution is 6.31. The minimum atomic E-state index is 0.0354. The van der Waals surface area contributed by atoms with Crippen LogP contribution in [-0.4, -0.2) is 14.9 Å². The minimum Gasteiger partial charge on any atom is -0.487 e. The second kappa shape index (κ2) is 6.08. The molecule has 2 rings (SSSR count). The van der Waals surface area contributed by atoms with Crippen molar-refractivity contribution in [3.8, 4) is 5.75 Å². The maximum Gasteiger partial charge on any atom is 0.131 e. The summed E-state index contributed by atoms with van der Waals surface area (Å²) in [6.45, 7) is 2.43. The predicted octanol–water partition coefficient (Wildman–Crippen LogP) is 2.71. The van der Waals surface area contributed by atoms with E-state index >= 15 is 0 Å². The van der Waals surface area contributed by atoms with Gasteiger partial charge < -0.3 is 9.84 Å². The van der Waals surface area contributed by atoms with E-state index in [0.717, 1.165) is 29.1 Å². The molecule has 0 saturated heterocycles. The minimum absolute atomic E-state index is 0.0354. The van der Waals surface area contributed by atoms with Crippen molar-refractivity contribution >= 4 is 11.6 Å². The molecule has 102 valence electrons. The van der Waals surface area contributed by atoms with Crippen molar-refractivity contribution in [3.05, 3.63) is 46.2 Å². The lowest BCUT2D eigenvalue weighted by atomic mass is 10.2. The van der Waals surface area contributed by atoms with Crippen LogP contribution in [0.2, 0.25) is 5.02 Å². The Labute approximate surface area is 117 Å². The van der Waals surface area contributed by atoms with Gasteiger partial charge in [0.2, 0.25) is 0 Å². The van der Waals surface area contributed by atoms with Gasteiger partial charge in [0.05, 0.1) is 23.0 Å². The lowest BCUT2D eigenvalue weighted by Gasteiger charge is -2.07. The summed E-state index contributed by atoms with van der Waals surface area (Å²) in [5.41, 5.74) is 2.61. The Hall–Kier alpha value is -1.52. The maximum atomic E-state index is 8.97. The summed E-state index contributed by atoms with van der Waals surface area (Å²) in [4.78, 5) is 0. The molecule has 1 aromatic heterocycles. The van der Waals surface area contributed by atoms with Crippen LogP contribution in [0, 0.1) is 0 Å². The van der Waals surface area contributed by atoms with Gasteiger partial charge in [-0.2, -0.15) is 5.10 Å². The van der Waals surface area contributed by atoms with Crippen molar-refractivity contribution in [2.24, 2.45) is 7.05 Å². The fraction of sp³-hybridized carbons (Fsp3) is 0.357. The van der Waals surface area contributed by atoms with Crippen LogP contribution < -0.4 is 4.74 Å². The first-order chi connectivity index (χ1) is 9.15. The molecule has 0 unspecified atom stereocenters. The van der Waals surface area contributed by atoms with Crippen LogP contribution in [0.1, 0.15) is 23.9 Å². The van der Waals surface area contributed by atoms with E-state index in [0.29, 0.717) is 11.6 Å². The van der Waals surface area contributed by atoms with Crippen LogP contribution in [0.3, 0.4) is 0 Å². The average Bonchev–Trinajstić information content (AvgIpc) is 2.72. The topological polar surface area (TPSA) is 47.3 Å². The first-order valence-electron chi connectivity index (χ1n) is 6.18. The Balaban J connectivity index is 2.07. The van der Waals surface area contributed by atoms with E-state index in [-0.39, 0.29) is 6.61 Å². The van der Waals surface area contributed by atoms with Gasteiger partial charge in [-0.3, -0.25) is 4.68 Å². The maximum absolute atomic E-state index is 8.97. The van der Waals surface area contributed by atoms with E-state index in [9.17, 15) is 0 Å². The predicted molar refractivity (Wildman–Crippen MR) is 74.3 cm³/mol. The first-order valence-corrected chi connectivity index (χ1v) is 6.56. The van der Waals surface area contributed by atoms with E-state index in [1.165, 1.54) is 0 Å². The summed E-state index contributed by atoms with van der Waals surface area (Å²) < 4.78 is 7.44. The lowest BCUT2D eigenvalue weighted by molar-refractivity contribution is 0.280. The Bertz CT molecular complexity index is 549. The number of aromatic nitrogens is 2. The van der Waals surface area contributed by atoms with E-state index < -0.39 is 0 Å². The van der Waals surface area contributed by atoms with Gasteiger partial charge in [0.15, 0.2) is 0 Å². The Morgan fingerprint density at radius 3 is 2.53 bits per heavy atom. The third-order valence-corrected chi connectivity index (χ3v) is 3.42. The zero-order chi connectivity index (χ0) is 13.8. The molecule has 2 aromatic rings. The molecule has 5 heteroatoms. The molecule has 0 saturated carbocycles. The fourth-order valence-electron chi connectivity index (χ4n) is 1.82. The van der Waals surface area contributed by atoms with Gasteiger partial charge in [-0.15, -0.1) is 0 Å². The number of benzene rings is 1. The number of aliphatic hydroxyl groups is 1. The number of rotatable bonds is 5.